The lowest BCUT2D eigenvalue weighted by atomic mass is 9.98. The number of hydrogen-bond donors (Lipinski definition) is 1. The van der Waals surface area contributed by atoms with E-state index in [4.69, 9.17) is 0 Å². The van der Waals surface area contributed by atoms with E-state index in [9.17, 15) is 13.2 Å². The summed E-state index contributed by atoms with van der Waals surface area (Å²) < 4.78 is 37.6. The summed E-state index contributed by atoms with van der Waals surface area (Å²) in [5.41, 5.74) is 0. The van der Waals surface area contributed by atoms with Crippen molar-refractivity contribution in [2.75, 3.05) is 7.05 Å². The molecule has 1 aromatic rings. The number of halogens is 3. The van der Waals surface area contributed by atoms with Crippen LogP contribution < -0.4 is 5.32 Å². The summed E-state index contributed by atoms with van der Waals surface area (Å²) in [4.78, 5) is 6.35. The summed E-state index contributed by atoms with van der Waals surface area (Å²) in [5, 5.41) is 2.83. The maximum atomic E-state index is 12.5. The van der Waals surface area contributed by atoms with Crippen LogP contribution in [0.5, 0.6) is 0 Å². The van der Waals surface area contributed by atoms with Gasteiger partial charge in [-0.25, -0.2) is 4.98 Å². The largest absolute Gasteiger partial charge is 0.443 e. The first-order valence-corrected chi connectivity index (χ1v) is 7.71. The molecular formula is C13H18F3N3S. The predicted octanol–water partition coefficient (Wildman–Crippen LogP) is 2.88. The van der Waals surface area contributed by atoms with Crippen LogP contribution in [0.3, 0.4) is 0 Å². The van der Waals surface area contributed by atoms with Crippen LogP contribution in [0.25, 0.3) is 0 Å². The molecule has 7 heteroatoms. The standard InChI is InChI=1S/C13H18F3N3S/c1-19(10-4-8-2-3-9(5-10)18-8)7-11-6-17-12(20-11)13(14,15)16/h6,8-10,18H,2-5,7H2,1H3. The Morgan fingerprint density at radius 3 is 2.55 bits per heavy atom. The summed E-state index contributed by atoms with van der Waals surface area (Å²) in [6.07, 6.45) is 1.69. The molecule has 3 rings (SSSR count). The molecule has 2 unspecified atom stereocenters. The van der Waals surface area contributed by atoms with E-state index in [1.54, 1.807) is 0 Å². The van der Waals surface area contributed by atoms with Crippen molar-refractivity contribution in [3.05, 3.63) is 16.1 Å². The van der Waals surface area contributed by atoms with Gasteiger partial charge in [0.1, 0.15) is 0 Å². The Morgan fingerprint density at radius 2 is 2.00 bits per heavy atom. The molecule has 2 fully saturated rings. The van der Waals surface area contributed by atoms with Gasteiger partial charge in [-0.15, -0.1) is 11.3 Å². The van der Waals surface area contributed by atoms with Crippen molar-refractivity contribution in [2.24, 2.45) is 0 Å². The Hall–Kier alpha value is -0.660. The minimum absolute atomic E-state index is 0.463. The lowest BCUT2D eigenvalue weighted by molar-refractivity contribution is -0.137. The first kappa shape index (κ1) is 14.3. The summed E-state index contributed by atoms with van der Waals surface area (Å²) >= 11 is 0.756. The van der Waals surface area contributed by atoms with Crippen molar-refractivity contribution in [3.63, 3.8) is 0 Å². The molecule has 1 N–H and O–H groups in total. The highest BCUT2D eigenvalue weighted by Gasteiger charge is 2.36. The van der Waals surface area contributed by atoms with Crippen LogP contribution in [0.1, 0.15) is 35.6 Å². The van der Waals surface area contributed by atoms with E-state index in [1.165, 1.54) is 19.0 Å². The Balaban J connectivity index is 1.61. The molecule has 0 radical (unpaired) electrons. The topological polar surface area (TPSA) is 28.2 Å². The SMILES string of the molecule is CN(Cc1cnc(C(F)(F)F)s1)C1CC2CCC(C1)N2. The number of hydrogen-bond acceptors (Lipinski definition) is 4. The van der Waals surface area contributed by atoms with Crippen molar-refractivity contribution < 1.29 is 13.2 Å². The molecule has 3 heterocycles. The van der Waals surface area contributed by atoms with Crippen LogP contribution >= 0.6 is 11.3 Å². The van der Waals surface area contributed by atoms with Crippen LogP contribution in [0.4, 0.5) is 13.2 Å². The Bertz CT molecular complexity index is 462. The number of alkyl halides is 3. The van der Waals surface area contributed by atoms with Gasteiger partial charge in [0.15, 0.2) is 5.01 Å². The summed E-state index contributed by atoms with van der Waals surface area (Å²) in [6, 6.07) is 1.65. The molecule has 2 saturated heterocycles. The third-order valence-corrected chi connectivity index (χ3v) is 5.30. The molecule has 20 heavy (non-hydrogen) atoms. The first-order chi connectivity index (χ1) is 9.41. The van der Waals surface area contributed by atoms with E-state index in [0.717, 1.165) is 24.2 Å². The van der Waals surface area contributed by atoms with Gasteiger partial charge in [0.2, 0.25) is 0 Å². The monoisotopic (exact) mass is 305 g/mol. The fourth-order valence-corrected chi connectivity index (χ4v) is 4.12. The number of aromatic nitrogens is 1. The zero-order chi connectivity index (χ0) is 14.3. The Morgan fingerprint density at radius 1 is 1.35 bits per heavy atom. The molecule has 0 aliphatic carbocycles. The van der Waals surface area contributed by atoms with Crippen LogP contribution in [0, 0.1) is 0 Å². The van der Waals surface area contributed by atoms with Gasteiger partial charge < -0.3 is 5.32 Å². The molecule has 2 aliphatic heterocycles. The third-order valence-electron chi connectivity index (χ3n) is 4.27. The second kappa shape index (κ2) is 5.27. The minimum atomic E-state index is -4.32. The number of nitrogens with zero attached hydrogens (tertiary/aromatic N) is 2. The van der Waals surface area contributed by atoms with Gasteiger partial charge in [-0.3, -0.25) is 4.90 Å². The van der Waals surface area contributed by atoms with Crippen LogP contribution in [0.15, 0.2) is 6.20 Å². The zero-order valence-electron chi connectivity index (χ0n) is 11.3. The second-order valence-electron chi connectivity index (χ2n) is 5.81. The molecule has 1 aromatic heterocycles. The molecule has 2 atom stereocenters. The van der Waals surface area contributed by atoms with E-state index in [2.05, 4.69) is 15.2 Å². The van der Waals surface area contributed by atoms with Crippen molar-refractivity contribution in [1.29, 1.82) is 0 Å². The zero-order valence-corrected chi connectivity index (χ0v) is 12.1. The van der Waals surface area contributed by atoms with Gasteiger partial charge in [-0.05, 0) is 32.7 Å². The van der Waals surface area contributed by atoms with E-state index in [0.29, 0.717) is 29.5 Å². The summed E-state index contributed by atoms with van der Waals surface area (Å²) in [7, 11) is 2.00. The quantitative estimate of drug-likeness (QED) is 0.931. The Kier molecular flexibility index (Phi) is 3.77. The highest BCUT2D eigenvalue weighted by atomic mass is 32.1. The van der Waals surface area contributed by atoms with Gasteiger partial charge >= 0.3 is 6.18 Å². The average molecular weight is 305 g/mol. The van der Waals surface area contributed by atoms with Gasteiger partial charge in [-0.1, -0.05) is 0 Å². The molecule has 3 nitrogen and oxygen atoms in total. The molecule has 0 spiro atoms. The van der Waals surface area contributed by atoms with E-state index in [1.807, 2.05) is 7.05 Å². The van der Waals surface area contributed by atoms with Crippen LogP contribution in [-0.4, -0.2) is 35.1 Å². The number of nitrogens with one attached hydrogen (secondary N) is 1. The maximum Gasteiger partial charge on any atom is 0.443 e. The van der Waals surface area contributed by atoms with Gasteiger partial charge in [0, 0.05) is 35.7 Å². The van der Waals surface area contributed by atoms with Crippen molar-refractivity contribution in [3.8, 4) is 0 Å². The Labute approximate surface area is 120 Å². The molecule has 0 saturated carbocycles. The van der Waals surface area contributed by atoms with E-state index >= 15 is 0 Å². The highest BCUT2D eigenvalue weighted by Crippen LogP contribution is 2.34. The van der Waals surface area contributed by atoms with E-state index in [-0.39, 0.29) is 0 Å². The summed E-state index contributed by atoms with van der Waals surface area (Å²) in [5.74, 6) is 0. The third kappa shape index (κ3) is 2.99. The second-order valence-corrected chi connectivity index (χ2v) is 6.92. The number of piperidine rings is 1. The summed E-state index contributed by atoms with van der Waals surface area (Å²) in [6.45, 7) is 0.553. The normalized spacial score (nSPS) is 30.1. The van der Waals surface area contributed by atoms with Gasteiger partial charge in [0.25, 0.3) is 0 Å². The van der Waals surface area contributed by atoms with Crippen molar-refractivity contribution in [1.82, 2.24) is 15.2 Å². The van der Waals surface area contributed by atoms with Crippen LogP contribution in [-0.2, 0) is 12.7 Å². The molecule has 2 bridgehead atoms. The maximum absolute atomic E-state index is 12.5. The molecular weight excluding hydrogens is 287 g/mol. The first-order valence-electron chi connectivity index (χ1n) is 6.90. The van der Waals surface area contributed by atoms with Crippen molar-refractivity contribution in [2.45, 2.75) is 56.5 Å². The van der Waals surface area contributed by atoms with Gasteiger partial charge in [-0.2, -0.15) is 13.2 Å². The van der Waals surface area contributed by atoms with E-state index < -0.39 is 11.2 Å². The molecule has 0 aromatic carbocycles. The fourth-order valence-electron chi connectivity index (χ4n) is 3.27. The van der Waals surface area contributed by atoms with Crippen molar-refractivity contribution >= 4 is 11.3 Å². The number of thiazole rings is 1. The predicted molar refractivity (Wildman–Crippen MR) is 71.6 cm³/mol. The fraction of sp³-hybridized carbons (Fsp3) is 0.769. The average Bonchev–Trinajstić information content (AvgIpc) is 2.96. The smallest absolute Gasteiger partial charge is 0.311 e. The minimum Gasteiger partial charge on any atom is -0.311 e. The number of fused-ring (bicyclic) bond motifs is 2. The van der Waals surface area contributed by atoms with Crippen LogP contribution in [0.2, 0.25) is 0 Å². The molecule has 112 valence electrons. The molecule has 0 amide bonds. The number of rotatable bonds is 3. The molecule has 2 aliphatic rings. The lowest BCUT2D eigenvalue weighted by Gasteiger charge is -2.35. The lowest BCUT2D eigenvalue weighted by Crippen LogP contribution is -2.46. The van der Waals surface area contributed by atoms with Gasteiger partial charge in [0.05, 0.1) is 0 Å². The highest BCUT2D eigenvalue weighted by molar-refractivity contribution is 7.11.